The molecular formula is C11H16FNO2. The van der Waals surface area contributed by atoms with E-state index in [1.165, 1.54) is 0 Å². The zero-order valence-electron chi connectivity index (χ0n) is 8.92. The number of phenolic OH excluding ortho intramolecular Hbond substituents is 1. The lowest BCUT2D eigenvalue weighted by Gasteiger charge is -2.15. The van der Waals surface area contributed by atoms with Gasteiger partial charge in [-0.2, -0.15) is 0 Å². The lowest BCUT2D eigenvalue weighted by molar-refractivity contribution is 0.169. The third-order valence-electron chi connectivity index (χ3n) is 2.51. The third-order valence-corrected chi connectivity index (χ3v) is 2.51. The molecule has 0 aromatic heterocycles. The van der Waals surface area contributed by atoms with E-state index < -0.39 is 11.9 Å². The number of aliphatic hydroxyl groups is 1. The largest absolute Gasteiger partial charge is 0.505 e. The number of hydrogen-bond acceptors (Lipinski definition) is 3. The third kappa shape index (κ3) is 2.27. The Morgan fingerprint density at radius 2 is 2.07 bits per heavy atom. The first kappa shape index (κ1) is 11.9. The Labute approximate surface area is 88.4 Å². The maximum atomic E-state index is 13.3. The molecule has 0 saturated heterocycles. The van der Waals surface area contributed by atoms with Gasteiger partial charge in [-0.1, -0.05) is 6.07 Å². The molecule has 0 saturated carbocycles. The molecule has 0 aliphatic carbocycles. The topological polar surface area (TPSA) is 66.5 Å². The summed E-state index contributed by atoms with van der Waals surface area (Å²) in [4.78, 5) is 0. The van der Waals surface area contributed by atoms with E-state index in [1.807, 2.05) is 0 Å². The van der Waals surface area contributed by atoms with Gasteiger partial charge < -0.3 is 15.9 Å². The van der Waals surface area contributed by atoms with Crippen LogP contribution < -0.4 is 5.73 Å². The zero-order valence-corrected chi connectivity index (χ0v) is 8.92. The molecule has 3 nitrogen and oxygen atoms in total. The standard InChI is InChI=1S/C11H16FNO2/c1-6-5-8(9(14)3-4-13)7(2)11(15)10(6)12/h5,9,14-15H,3-4,13H2,1-2H3. The first-order valence-corrected chi connectivity index (χ1v) is 4.85. The predicted molar refractivity (Wildman–Crippen MR) is 56.2 cm³/mol. The number of aliphatic hydroxyl groups excluding tert-OH is 1. The minimum absolute atomic E-state index is 0.323. The van der Waals surface area contributed by atoms with Gasteiger partial charge in [0, 0.05) is 0 Å². The molecule has 1 atom stereocenters. The molecule has 1 rings (SSSR count). The van der Waals surface area contributed by atoms with E-state index in [0.29, 0.717) is 29.7 Å². The summed E-state index contributed by atoms with van der Waals surface area (Å²) in [6, 6.07) is 1.55. The number of rotatable bonds is 3. The van der Waals surface area contributed by atoms with Crippen LogP contribution in [0.1, 0.15) is 29.2 Å². The van der Waals surface area contributed by atoms with Crippen LogP contribution in [-0.2, 0) is 0 Å². The van der Waals surface area contributed by atoms with Crippen molar-refractivity contribution in [1.82, 2.24) is 0 Å². The van der Waals surface area contributed by atoms with Crippen molar-refractivity contribution in [2.75, 3.05) is 6.54 Å². The minimum atomic E-state index is -0.750. The molecule has 1 aromatic carbocycles. The number of halogens is 1. The summed E-state index contributed by atoms with van der Waals surface area (Å²) in [5.41, 5.74) is 6.56. The maximum Gasteiger partial charge on any atom is 0.167 e. The molecule has 4 heteroatoms. The second-order valence-electron chi connectivity index (χ2n) is 3.66. The smallest absolute Gasteiger partial charge is 0.167 e. The average Bonchev–Trinajstić information content (AvgIpc) is 2.20. The number of hydrogen-bond donors (Lipinski definition) is 3. The van der Waals surface area contributed by atoms with Gasteiger partial charge in [-0.15, -0.1) is 0 Å². The lowest BCUT2D eigenvalue weighted by Crippen LogP contribution is -2.08. The van der Waals surface area contributed by atoms with Crippen molar-refractivity contribution >= 4 is 0 Å². The number of aromatic hydroxyl groups is 1. The molecular weight excluding hydrogens is 197 g/mol. The zero-order chi connectivity index (χ0) is 11.6. The Morgan fingerprint density at radius 3 is 2.60 bits per heavy atom. The highest BCUT2D eigenvalue weighted by Gasteiger charge is 2.17. The van der Waals surface area contributed by atoms with Gasteiger partial charge in [-0.05, 0) is 43.5 Å². The monoisotopic (exact) mass is 213 g/mol. The van der Waals surface area contributed by atoms with E-state index in [9.17, 15) is 14.6 Å². The van der Waals surface area contributed by atoms with E-state index in [0.717, 1.165) is 0 Å². The highest BCUT2D eigenvalue weighted by molar-refractivity contribution is 5.44. The van der Waals surface area contributed by atoms with Crippen LogP contribution in [-0.4, -0.2) is 16.8 Å². The van der Waals surface area contributed by atoms with Crippen LogP contribution in [0.15, 0.2) is 6.07 Å². The van der Waals surface area contributed by atoms with Crippen LogP contribution in [0.5, 0.6) is 5.75 Å². The van der Waals surface area contributed by atoms with Crippen LogP contribution in [0.25, 0.3) is 0 Å². The number of nitrogens with two attached hydrogens (primary N) is 1. The number of phenols is 1. The molecule has 1 aromatic rings. The van der Waals surface area contributed by atoms with Gasteiger partial charge in [0.25, 0.3) is 0 Å². The first-order chi connectivity index (χ1) is 6.99. The summed E-state index contributed by atoms with van der Waals surface area (Å²) in [7, 11) is 0. The summed E-state index contributed by atoms with van der Waals surface area (Å²) in [6.45, 7) is 3.47. The molecule has 0 fully saturated rings. The van der Waals surface area contributed by atoms with E-state index in [-0.39, 0.29) is 5.75 Å². The van der Waals surface area contributed by atoms with Gasteiger partial charge >= 0.3 is 0 Å². The summed E-state index contributed by atoms with van der Waals surface area (Å²) >= 11 is 0. The SMILES string of the molecule is Cc1cc(C(O)CCN)c(C)c(O)c1F. The molecule has 84 valence electrons. The van der Waals surface area contributed by atoms with Gasteiger partial charge in [-0.3, -0.25) is 0 Å². The Kier molecular flexibility index (Phi) is 3.66. The van der Waals surface area contributed by atoms with Crippen LogP contribution in [0.4, 0.5) is 4.39 Å². The molecule has 0 radical (unpaired) electrons. The number of benzene rings is 1. The first-order valence-electron chi connectivity index (χ1n) is 4.85. The molecule has 0 heterocycles. The molecule has 0 amide bonds. The van der Waals surface area contributed by atoms with Crippen molar-refractivity contribution in [3.8, 4) is 5.75 Å². The maximum absolute atomic E-state index is 13.3. The quantitative estimate of drug-likeness (QED) is 0.713. The lowest BCUT2D eigenvalue weighted by atomic mass is 9.97. The fourth-order valence-corrected chi connectivity index (χ4v) is 1.55. The molecule has 0 spiro atoms. The van der Waals surface area contributed by atoms with Crippen molar-refractivity contribution in [2.24, 2.45) is 5.73 Å². The highest BCUT2D eigenvalue weighted by Crippen LogP contribution is 2.31. The second kappa shape index (κ2) is 4.59. The van der Waals surface area contributed by atoms with Gasteiger partial charge in [-0.25, -0.2) is 4.39 Å². The Bertz CT molecular complexity index is 366. The Balaban J connectivity index is 3.19. The van der Waals surface area contributed by atoms with Crippen LogP contribution in [0.3, 0.4) is 0 Å². The fraction of sp³-hybridized carbons (Fsp3) is 0.455. The van der Waals surface area contributed by atoms with Crippen molar-refractivity contribution in [3.05, 3.63) is 28.6 Å². The van der Waals surface area contributed by atoms with E-state index in [4.69, 9.17) is 5.73 Å². The molecule has 0 bridgehead atoms. The van der Waals surface area contributed by atoms with Crippen molar-refractivity contribution in [3.63, 3.8) is 0 Å². The van der Waals surface area contributed by atoms with E-state index in [2.05, 4.69) is 0 Å². The molecule has 1 unspecified atom stereocenters. The van der Waals surface area contributed by atoms with Crippen LogP contribution in [0, 0.1) is 19.7 Å². The van der Waals surface area contributed by atoms with Gasteiger partial charge in [0.15, 0.2) is 11.6 Å². The van der Waals surface area contributed by atoms with E-state index >= 15 is 0 Å². The normalized spacial score (nSPS) is 12.9. The van der Waals surface area contributed by atoms with Crippen molar-refractivity contribution < 1.29 is 14.6 Å². The number of aryl methyl sites for hydroxylation is 1. The summed E-state index contributed by atoms with van der Waals surface area (Å²) in [5.74, 6) is -1.02. The van der Waals surface area contributed by atoms with Gasteiger partial charge in [0.05, 0.1) is 6.10 Å². The molecule has 15 heavy (non-hydrogen) atoms. The minimum Gasteiger partial charge on any atom is -0.505 e. The summed E-state index contributed by atoms with van der Waals surface area (Å²) in [6.07, 6.45) is -0.356. The second-order valence-corrected chi connectivity index (χ2v) is 3.66. The van der Waals surface area contributed by atoms with Crippen LogP contribution in [0.2, 0.25) is 0 Å². The molecule has 0 aliphatic rings. The fourth-order valence-electron chi connectivity index (χ4n) is 1.55. The molecule has 0 aliphatic heterocycles. The van der Waals surface area contributed by atoms with Crippen LogP contribution >= 0.6 is 0 Å². The van der Waals surface area contributed by atoms with Gasteiger partial charge in [0.1, 0.15) is 0 Å². The highest BCUT2D eigenvalue weighted by atomic mass is 19.1. The Hall–Kier alpha value is -1.13. The van der Waals surface area contributed by atoms with Gasteiger partial charge in [0.2, 0.25) is 0 Å². The average molecular weight is 213 g/mol. The van der Waals surface area contributed by atoms with Crippen molar-refractivity contribution in [1.29, 1.82) is 0 Å². The predicted octanol–water partition coefficient (Wildman–Crippen LogP) is 1.53. The summed E-state index contributed by atoms with van der Waals surface area (Å²) < 4.78 is 13.3. The Morgan fingerprint density at radius 1 is 1.47 bits per heavy atom. The van der Waals surface area contributed by atoms with E-state index in [1.54, 1.807) is 19.9 Å². The summed E-state index contributed by atoms with van der Waals surface area (Å²) in [5, 5.41) is 19.2. The van der Waals surface area contributed by atoms with Crippen molar-refractivity contribution in [2.45, 2.75) is 26.4 Å². The molecule has 4 N–H and O–H groups in total.